The summed E-state index contributed by atoms with van der Waals surface area (Å²) in [5.74, 6) is -0.137. The van der Waals surface area contributed by atoms with Crippen LogP contribution in [0.15, 0.2) is 91.0 Å². The molecule has 5 rings (SSSR count). The first kappa shape index (κ1) is 20.5. The molecule has 2 amide bonds. The number of carbonyl (C=O) groups is 2. The molecule has 3 aromatic carbocycles. The van der Waals surface area contributed by atoms with Gasteiger partial charge in [-0.15, -0.1) is 0 Å². The average molecular weight is 425 g/mol. The van der Waals surface area contributed by atoms with Crippen molar-refractivity contribution < 1.29 is 9.59 Å². The molecule has 2 aliphatic rings. The van der Waals surface area contributed by atoms with E-state index in [1.54, 1.807) is 4.90 Å². The molecule has 0 bridgehead atoms. The van der Waals surface area contributed by atoms with Gasteiger partial charge in [0.25, 0.3) is 0 Å². The summed E-state index contributed by atoms with van der Waals surface area (Å²) in [6, 6.07) is 29.3. The molecule has 1 aliphatic carbocycles. The minimum atomic E-state index is -0.805. The van der Waals surface area contributed by atoms with Gasteiger partial charge in [0.1, 0.15) is 11.5 Å². The van der Waals surface area contributed by atoms with Crippen LogP contribution in [0.4, 0.5) is 0 Å². The number of hydrogen-bond donors (Lipinski definition) is 1. The van der Waals surface area contributed by atoms with Crippen LogP contribution in [0.25, 0.3) is 0 Å². The Morgan fingerprint density at radius 2 is 1.34 bits per heavy atom. The zero-order chi connectivity index (χ0) is 22.1. The Kier molecular flexibility index (Phi) is 5.30. The van der Waals surface area contributed by atoms with Gasteiger partial charge in [0, 0.05) is 12.5 Å². The van der Waals surface area contributed by atoms with Gasteiger partial charge < -0.3 is 10.6 Å². The van der Waals surface area contributed by atoms with Crippen molar-refractivity contribution in [3.8, 4) is 0 Å². The van der Waals surface area contributed by atoms with Gasteiger partial charge >= 0.3 is 0 Å². The fourth-order valence-corrected chi connectivity index (χ4v) is 5.52. The molecule has 0 radical (unpaired) electrons. The summed E-state index contributed by atoms with van der Waals surface area (Å²) in [5.41, 5.74) is 8.22. The number of nitrogens with zero attached hydrogens (tertiary/aromatic N) is 1. The maximum atomic E-state index is 14.3. The second kappa shape index (κ2) is 8.27. The molecule has 4 nitrogen and oxygen atoms in total. The van der Waals surface area contributed by atoms with E-state index in [0.717, 1.165) is 29.5 Å². The standard InChI is InChI=1S/C28H28N2O2/c29-26(31)25(24(21-16-17-21)20-10-4-1-5-11-20)30-19-18-28(27(30)32,22-12-6-2-7-13-22)23-14-8-3-9-15-23/h1-15,21,24-25H,16-19H2,(H2,29,31). The van der Waals surface area contributed by atoms with Crippen LogP contribution < -0.4 is 5.73 Å². The lowest BCUT2D eigenvalue weighted by atomic mass is 9.73. The monoisotopic (exact) mass is 424 g/mol. The van der Waals surface area contributed by atoms with E-state index < -0.39 is 17.4 Å². The lowest BCUT2D eigenvalue weighted by Gasteiger charge is -2.35. The molecule has 1 saturated carbocycles. The number of carbonyl (C=O) groups excluding carboxylic acids is 2. The summed E-state index contributed by atoms with van der Waals surface area (Å²) in [6.07, 6.45) is 2.75. The molecule has 32 heavy (non-hydrogen) atoms. The van der Waals surface area contributed by atoms with Gasteiger partial charge in [-0.3, -0.25) is 9.59 Å². The summed E-state index contributed by atoms with van der Waals surface area (Å²) in [6.45, 7) is 0.506. The third-order valence-electron chi connectivity index (χ3n) is 7.17. The Bertz CT molecular complexity index is 1050. The molecule has 1 heterocycles. The van der Waals surface area contributed by atoms with Crippen molar-refractivity contribution in [2.24, 2.45) is 11.7 Å². The lowest BCUT2D eigenvalue weighted by Crippen LogP contribution is -2.52. The number of rotatable bonds is 7. The molecule has 2 atom stereocenters. The van der Waals surface area contributed by atoms with Crippen LogP contribution in [0.3, 0.4) is 0 Å². The minimum Gasteiger partial charge on any atom is -0.368 e. The van der Waals surface area contributed by atoms with Crippen molar-refractivity contribution in [1.82, 2.24) is 4.90 Å². The second-order valence-corrected chi connectivity index (χ2v) is 9.01. The van der Waals surface area contributed by atoms with E-state index in [9.17, 15) is 9.59 Å². The first-order valence-electron chi connectivity index (χ1n) is 11.4. The molecule has 0 aromatic heterocycles. The van der Waals surface area contributed by atoms with E-state index in [1.165, 1.54) is 0 Å². The van der Waals surface area contributed by atoms with Crippen LogP contribution >= 0.6 is 0 Å². The molecule has 2 fully saturated rings. The number of amides is 2. The molecule has 1 aliphatic heterocycles. The maximum absolute atomic E-state index is 14.3. The van der Waals surface area contributed by atoms with E-state index >= 15 is 0 Å². The summed E-state index contributed by atoms with van der Waals surface area (Å²) in [5, 5.41) is 0. The average Bonchev–Trinajstić information content (AvgIpc) is 3.62. The largest absolute Gasteiger partial charge is 0.368 e. The fraction of sp³-hybridized carbons (Fsp3) is 0.286. The summed E-state index contributed by atoms with van der Waals surface area (Å²) >= 11 is 0. The predicted octanol–water partition coefficient (Wildman–Crippen LogP) is 4.25. The van der Waals surface area contributed by atoms with Gasteiger partial charge in [0.05, 0.1) is 0 Å². The Hall–Kier alpha value is -3.40. The highest BCUT2D eigenvalue weighted by atomic mass is 16.2. The Morgan fingerprint density at radius 3 is 1.81 bits per heavy atom. The topological polar surface area (TPSA) is 63.4 Å². The van der Waals surface area contributed by atoms with Crippen LogP contribution in [-0.2, 0) is 15.0 Å². The molecule has 162 valence electrons. The van der Waals surface area contributed by atoms with E-state index in [0.29, 0.717) is 18.9 Å². The third-order valence-corrected chi connectivity index (χ3v) is 7.17. The van der Waals surface area contributed by atoms with Gasteiger partial charge in [-0.1, -0.05) is 91.0 Å². The van der Waals surface area contributed by atoms with Crippen molar-refractivity contribution in [2.75, 3.05) is 6.54 Å². The predicted molar refractivity (Wildman–Crippen MR) is 125 cm³/mol. The summed E-state index contributed by atoms with van der Waals surface area (Å²) in [4.78, 5) is 28.9. The van der Waals surface area contributed by atoms with E-state index in [4.69, 9.17) is 5.73 Å². The van der Waals surface area contributed by atoms with Crippen LogP contribution in [0.5, 0.6) is 0 Å². The van der Waals surface area contributed by atoms with Gasteiger partial charge in [-0.25, -0.2) is 0 Å². The molecule has 2 N–H and O–H groups in total. The maximum Gasteiger partial charge on any atom is 0.240 e. The van der Waals surface area contributed by atoms with Crippen molar-refractivity contribution in [1.29, 1.82) is 0 Å². The molecular weight excluding hydrogens is 396 g/mol. The molecule has 0 spiro atoms. The van der Waals surface area contributed by atoms with E-state index in [1.807, 2.05) is 78.9 Å². The molecular formula is C28H28N2O2. The Balaban J connectivity index is 1.60. The van der Waals surface area contributed by atoms with Gasteiger partial charge in [-0.05, 0) is 41.9 Å². The van der Waals surface area contributed by atoms with Crippen molar-refractivity contribution >= 4 is 11.8 Å². The SMILES string of the molecule is NC(=O)C(C(c1ccccc1)C1CC1)N1CCC(c2ccccc2)(c2ccccc2)C1=O. The van der Waals surface area contributed by atoms with Crippen LogP contribution in [0.1, 0.15) is 41.9 Å². The highest BCUT2D eigenvalue weighted by Crippen LogP contribution is 2.49. The van der Waals surface area contributed by atoms with Crippen LogP contribution in [-0.4, -0.2) is 29.3 Å². The van der Waals surface area contributed by atoms with Crippen molar-refractivity contribution in [3.63, 3.8) is 0 Å². The fourth-order valence-electron chi connectivity index (χ4n) is 5.52. The van der Waals surface area contributed by atoms with Crippen molar-refractivity contribution in [2.45, 2.75) is 36.6 Å². The molecule has 4 heteroatoms. The zero-order valence-corrected chi connectivity index (χ0v) is 18.1. The molecule has 1 saturated heterocycles. The summed E-state index contributed by atoms with van der Waals surface area (Å²) in [7, 11) is 0. The smallest absolute Gasteiger partial charge is 0.240 e. The number of hydrogen-bond acceptors (Lipinski definition) is 2. The quantitative estimate of drug-likeness (QED) is 0.616. The first-order chi connectivity index (χ1) is 15.6. The Morgan fingerprint density at radius 1 is 0.844 bits per heavy atom. The van der Waals surface area contributed by atoms with Crippen molar-refractivity contribution in [3.05, 3.63) is 108 Å². The van der Waals surface area contributed by atoms with E-state index in [-0.39, 0.29) is 11.8 Å². The number of likely N-dealkylation sites (tertiary alicyclic amines) is 1. The zero-order valence-electron chi connectivity index (χ0n) is 18.1. The normalized spacial score (nSPS) is 19.5. The van der Waals surface area contributed by atoms with Crippen LogP contribution in [0.2, 0.25) is 0 Å². The lowest BCUT2D eigenvalue weighted by molar-refractivity contribution is -0.139. The van der Waals surface area contributed by atoms with Crippen LogP contribution in [0, 0.1) is 5.92 Å². The van der Waals surface area contributed by atoms with Gasteiger partial charge in [0.15, 0.2) is 0 Å². The Labute approximate surface area is 189 Å². The molecule has 2 unspecified atom stereocenters. The third kappa shape index (κ3) is 3.40. The minimum absolute atomic E-state index is 0.0275. The second-order valence-electron chi connectivity index (χ2n) is 9.01. The first-order valence-corrected chi connectivity index (χ1v) is 11.4. The van der Waals surface area contributed by atoms with Gasteiger partial charge in [-0.2, -0.15) is 0 Å². The number of nitrogens with two attached hydrogens (primary N) is 1. The van der Waals surface area contributed by atoms with Gasteiger partial charge in [0.2, 0.25) is 11.8 Å². The highest BCUT2D eigenvalue weighted by molar-refractivity contribution is 5.97. The number of primary amides is 1. The number of benzene rings is 3. The highest BCUT2D eigenvalue weighted by Gasteiger charge is 2.54. The van der Waals surface area contributed by atoms with E-state index in [2.05, 4.69) is 12.1 Å². The summed E-state index contributed by atoms with van der Waals surface area (Å²) < 4.78 is 0. The molecule has 3 aromatic rings.